The van der Waals surface area contributed by atoms with Crippen molar-refractivity contribution >= 4 is 51.5 Å². The molecule has 0 unspecified atom stereocenters. The predicted octanol–water partition coefficient (Wildman–Crippen LogP) is 4.59. The van der Waals surface area contributed by atoms with Crippen LogP contribution in [0.4, 0.5) is 0 Å². The number of hydrogen-bond acceptors (Lipinski definition) is 5. The molecule has 0 radical (unpaired) electrons. The molecule has 0 fully saturated rings. The van der Waals surface area contributed by atoms with Gasteiger partial charge in [-0.1, -0.05) is 60.3 Å². The first-order valence-electron chi connectivity index (χ1n) is 7.74. The number of amides is 1. The SMILES string of the molecule is CC(/C=N\NC(=O)CSc1nc2ccccc2s1)=C\c1ccccc1. The minimum Gasteiger partial charge on any atom is -0.272 e. The molecule has 0 saturated carbocycles. The molecular weight excluding hydrogens is 350 g/mol. The van der Waals surface area contributed by atoms with Gasteiger partial charge in [0.25, 0.3) is 5.91 Å². The van der Waals surface area contributed by atoms with E-state index in [1.54, 1.807) is 17.6 Å². The maximum atomic E-state index is 11.9. The Hall–Kier alpha value is -2.44. The summed E-state index contributed by atoms with van der Waals surface area (Å²) in [5.41, 5.74) is 5.58. The van der Waals surface area contributed by atoms with Crippen molar-refractivity contribution in [2.24, 2.45) is 5.10 Å². The fourth-order valence-electron chi connectivity index (χ4n) is 2.13. The first kappa shape index (κ1) is 17.4. The van der Waals surface area contributed by atoms with E-state index in [9.17, 15) is 4.79 Å². The van der Waals surface area contributed by atoms with Crippen LogP contribution in [0, 0.1) is 0 Å². The number of nitrogens with one attached hydrogen (secondary N) is 1. The van der Waals surface area contributed by atoms with Crippen molar-refractivity contribution in [3.63, 3.8) is 0 Å². The number of benzene rings is 2. The molecule has 4 nitrogen and oxygen atoms in total. The number of thiazole rings is 1. The highest BCUT2D eigenvalue weighted by molar-refractivity contribution is 8.01. The molecule has 0 aliphatic rings. The number of para-hydroxylation sites is 1. The van der Waals surface area contributed by atoms with Crippen molar-refractivity contribution in [3.8, 4) is 0 Å². The topological polar surface area (TPSA) is 54.4 Å². The van der Waals surface area contributed by atoms with Crippen molar-refractivity contribution in [1.29, 1.82) is 0 Å². The van der Waals surface area contributed by atoms with Crippen molar-refractivity contribution in [2.75, 3.05) is 5.75 Å². The molecule has 3 aromatic rings. The van der Waals surface area contributed by atoms with Crippen LogP contribution in [-0.4, -0.2) is 22.9 Å². The van der Waals surface area contributed by atoms with Gasteiger partial charge >= 0.3 is 0 Å². The molecule has 0 bridgehead atoms. The first-order valence-corrected chi connectivity index (χ1v) is 9.54. The molecule has 3 rings (SSSR count). The third-order valence-corrected chi connectivity index (χ3v) is 5.43. The minimum absolute atomic E-state index is 0.145. The van der Waals surface area contributed by atoms with E-state index in [1.807, 2.05) is 67.6 Å². The smallest absolute Gasteiger partial charge is 0.250 e. The summed E-state index contributed by atoms with van der Waals surface area (Å²) in [7, 11) is 0. The van der Waals surface area contributed by atoms with Gasteiger partial charge in [-0.25, -0.2) is 10.4 Å². The van der Waals surface area contributed by atoms with Crippen molar-refractivity contribution in [1.82, 2.24) is 10.4 Å². The Kier molecular flexibility index (Phi) is 5.98. The van der Waals surface area contributed by atoms with Crippen molar-refractivity contribution in [3.05, 3.63) is 65.7 Å². The highest BCUT2D eigenvalue weighted by Gasteiger charge is 2.06. The number of aromatic nitrogens is 1. The molecule has 0 aliphatic heterocycles. The molecule has 1 amide bonds. The molecule has 25 heavy (non-hydrogen) atoms. The normalized spacial score (nSPS) is 12.0. The lowest BCUT2D eigenvalue weighted by Crippen LogP contribution is -2.19. The maximum absolute atomic E-state index is 11.9. The Labute approximate surface area is 154 Å². The molecule has 1 heterocycles. The molecule has 6 heteroatoms. The van der Waals surface area contributed by atoms with Gasteiger partial charge in [-0.2, -0.15) is 5.10 Å². The van der Waals surface area contributed by atoms with Crippen LogP contribution in [-0.2, 0) is 4.79 Å². The molecule has 2 aromatic carbocycles. The van der Waals surface area contributed by atoms with Gasteiger partial charge in [0, 0.05) is 0 Å². The summed E-state index contributed by atoms with van der Waals surface area (Å²) < 4.78 is 2.02. The number of carbonyl (C=O) groups excluding carboxylic acids is 1. The van der Waals surface area contributed by atoms with Crippen LogP contribution >= 0.6 is 23.1 Å². The van der Waals surface area contributed by atoms with Gasteiger partial charge in [-0.3, -0.25) is 4.79 Å². The third-order valence-electron chi connectivity index (χ3n) is 3.25. The number of rotatable bonds is 6. The van der Waals surface area contributed by atoms with Gasteiger partial charge in [-0.15, -0.1) is 11.3 Å². The van der Waals surface area contributed by atoms with Crippen molar-refractivity contribution in [2.45, 2.75) is 11.3 Å². The number of allylic oxidation sites excluding steroid dienone is 1. The van der Waals surface area contributed by atoms with Crippen LogP contribution < -0.4 is 5.43 Å². The van der Waals surface area contributed by atoms with E-state index < -0.39 is 0 Å². The molecule has 1 aromatic heterocycles. The minimum atomic E-state index is -0.145. The zero-order chi connectivity index (χ0) is 17.5. The lowest BCUT2D eigenvalue weighted by Gasteiger charge is -1.98. The van der Waals surface area contributed by atoms with Crippen LogP contribution in [0.2, 0.25) is 0 Å². The summed E-state index contributed by atoms with van der Waals surface area (Å²) in [4.78, 5) is 16.4. The fraction of sp³-hybridized carbons (Fsp3) is 0.105. The van der Waals surface area contributed by atoms with Crippen LogP contribution in [0.25, 0.3) is 16.3 Å². The molecule has 0 spiro atoms. The highest BCUT2D eigenvalue weighted by atomic mass is 32.2. The fourth-order valence-corrected chi connectivity index (χ4v) is 3.99. The summed E-state index contributed by atoms with van der Waals surface area (Å²) in [5.74, 6) is 0.145. The van der Waals surface area contributed by atoms with Gasteiger partial charge < -0.3 is 0 Å². The number of nitrogens with zero attached hydrogens (tertiary/aromatic N) is 2. The van der Waals surface area contributed by atoms with Crippen LogP contribution in [0.5, 0.6) is 0 Å². The second-order valence-electron chi connectivity index (χ2n) is 5.33. The van der Waals surface area contributed by atoms with E-state index in [2.05, 4.69) is 15.5 Å². The van der Waals surface area contributed by atoms with Crippen molar-refractivity contribution < 1.29 is 4.79 Å². The van der Waals surface area contributed by atoms with Gasteiger partial charge in [-0.05, 0) is 30.2 Å². The van der Waals surface area contributed by atoms with E-state index in [-0.39, 0.29) is 5.91 Å². The molecule has 0 atom stereocenters. The lowest BCUT2D eigenvalue weighted by atomic mass is 10.1. The van der Waals surface area contributed by atoms with Crippen LogP contribution in [0.1, 0.15) is 12.5 Å². The van der Waals surface area contributed by atoms with Gasteiger partial charge in [0.2, 0.25) is 0 Å². The summed E-state index contributed by atoms with van der Waals surface area (Å²) in [5, 5.41) is 4.00. The largest absolute Gasteiger partial charge is 0.272 e. The van der Waals surface area contributed by atoms with Crippen LogP contribution in [0.3, 0.4) is 0 Å². The Morgan fingerprint density at radius 2 is 1.96 bits per heavy atom. The monoisotopic (exact) mass is 367 g/mol. The number of fused-ring (bicyclic) bond motifs is 1. The summed E-state index contributed by atoms with van der Waals surface area (Å²) in [6.07, 6.45) is 3.65. The number of hydrogen-bond donors (Lipinski definition) is 1. The number of thioether (sulfide) groups is 1. The highest BCUT2D eigenvalue weighted by Crippen LogP contribution is 2.28. The van der Waals surface area contributed by atoms with E-state index in [4.69, 9.17) is 0 Å². The van der Waals surface area contributed by atoms with E-state index in [0.717, 1.165) is 25.7 Å². The standard InChI is InChI=1S/C19H17N3OS2/c1-14(11-15-7-3-2-4-8-15)12-20-22-18(23)13-24-19-21-16-9-5-6-10-17(16)25-19/h2-12H,13H2,1H3,(H,22,23)/b14-11+,20-12-. The van der Waals surface area contributed by atoms with Gasteiger partial charge in [0.1, 0.15) is 0 Å². The Morgan fingerprint density at radius 1 is 1.20 bits per heavy atom. The zero-order valence-electron chi connectivity index (χ0n) is 13.7. The predicted molar refractivity (Wildman–Crippen MR) is 107 cm³/mol. The third kappa shape index (κ3) is 5.27. The van der Waals surface area contributed by atoms with E-state index in [0.29, 0.717) is 5.75 Å². The summed E-state index contributed by atoms with van der Waals surface area (Å²) in [6, 6.07) is 17.9. The Balaban J connectivity index is 1.48. The molecular formula is C19H17N3OS2. The second-order valence-corrected chi connectivity index (χ2v) is 7.58. The average Bonchev–Trinajstić information content (AvgIpc) is 3.04. The quantitative estimate of drug-likeness (QED) is 0.394. The summed E-state index contributed by atoms with van der Waals surface area (Å²) in [6.45, 7) is 1.94. The van der Waals surface area contributed by atoms with E-state index >= 15 is 0 Å². The number of hydrazone groups is 1. The van der Waals surface area contributed by atoms with Gasteiger partial charge in [0.15, 0.2) is 4.34 Å². The zero-order valence-corrected chi connectivity index (χ0v) is 15.3. The second kappa shape index (κ2) is 8.60. The average molecular weight is 367 g/mol. The Bertz CT molecular complexity index is 884. The molecule has 0 saturated heterocycles. The molecule has 126 valence electrons. The number of carbonyl (C=O) groups is 1. The summed E-state index contributed by atoms with van der Waals surface area (Å²) >= 11 is 3.02. The van der Waals surface area contributed by atoms with Gasteiger partial charge in [0.05, 0.1) is 22.2 Å². The maximum Gasteiger partial charge on any atom is 0.250 e. The van der Waals surface area contributed by atoms with Crippen LogP contribution in [0.15, 0.2) is 69.6 Å². The van der Waals surface area contributed by atoms with E-state index in [1.165, 1.54) is 11.8 Å². The first-order chi connectivity index (χ1) is 12.2. The molecule has 1 N–H and O–H groups in total. The lowest BCUT2D eigenvalue weighted by molar-refractivity contribution is -0.118. The molecule has 0 aliphatic carbocycles. The Morgan fingerprint density at radius 3 is 2.76 bits per heavy atom.